The highest BCUT2D eigenvalue weighted by atomic mass is 19.1. The molecule has 2 aromatic carbocycles. The van der Waals surface area contributed by atoms with Crippen LogP contribution in [0.4, 0.5) is 4.39 Å². The highest BCUT2D eigenvalue weighted by molar-refractivity contribution is 5.40. The molecule has 2 heteroatoms. The third kappa shape index (κ3) is 4.33. The molecular formula is C20H25FO. The van der Waals surface area contributed by atoms with E-state index in [-0.39, 0.29) is 11.6 Å². The number of ether oxygens (including phenoxy) is 1. The molecular weight excluding hydrogens is 275 g/mol. The minimum atomic E-state index is -0.334. The molecule has 0 spiro atoms. The quantitative estimate of drug-likeness (QED) is 0.523. The van der Waals surface area contributed by atoms with Gasteiger partial charge in [0.15, 0.2) is 11.6 Å². The fraction of sp³-hybridized carbons (Fsp3) is 0.400. The maximum absolute atomic E-state index is 13.7. The summed E-state index contributed by atoms with van der Waals surface area (Å²) in [6.45, 7) is 6.50. The topological polar surface area (TPSA) is 9.23 Å². The molecule has 0 radical (unpaired) electrons. The molecule has 2 aromatic rings. The van der Waals surface area contributed by atoms with Gasteiger partial charge in [0.05, 0.1) is 0 Å². The number of unbranched alkanes of at least 4 members (excludes halogenated alkanes) is 2. The minimum absolute atomic E-state index is 0.273. The minimum Gasteiger partial charge on any atom is -0.454 e. The Bertz CT molecular complexity index is 606. The number of benzene rings is 2. The van der Waals surface area contributed by atoms with Gasteiger partial charge in [0.1, 0.15) is 5.75 Å². The second-order valence-corrected chi connectivity index (χ2v) is 5.95. The van der Waals surface area contributed by atoms with Crippen LogP contribution in [0, 0.1) is 12.7 Å². The Hall–Kier alpha value is -1.83. The third-order valence-electron chi connectivity index (χ3n) is 4.07. The first-order valence-electron chi connectivity index (χ1n) is 8.14. The first-order valence-corrected chi connectivity index (χ1v) is 8.14. The van der Waals surface area contributed by atoms with Crippen molar-refractivity contribution in [3.05, 3.63) is 59.4 Å². The van der Waals surface area contributed by atoms with Gasteiger partial charge >= 0.3 is 0 Å². The van der Waals surface area contributed by atoms with E-state index in [1.807, 2.05) is 13.0 Å². The summed E-state index contributed by atoms with van der Waals surface area (Å²) >= 11 is 0. The molecule has 0 N–H and O–H groups in total. The molecule has 2 rings (SSSR count). The predicted molar refractivity (Wildman–Crippen MR) is 90.2 cm³/mol. The van der Waals surface area contributed by atoms with Crippen molar-refractivity contribution in [2.75, 3.05) is 0 Å². The molecule has 0 aliphatic carbocycles. The van der Waals surface area contributed by atoms with Crippen molar-refractivity contribution in [1.29, 1.82) is 0 Å². The number of aryl methyl sites for hydroxylation is 1. The zero-order chi connectivity index (χ0) is 15.9. The normalized spacial score (nSPS) is 12.2. The second kappa shape index (κ2) is 7.98. The van der Waals surface area contributed by atoms with Crippen LogP contribution in [0.5, 0.6) is 11.5 Å². The molecule has 0 saturated carbocycles. The van der Waals surface area contributed by atoms with E-state index in [1.54, 1.807) is 18.2 Å². The van der Waals surface area contributed by atoms with Gasteiger partial charge in [0.25, 0.3) is 0 Å². The van der Waals surface area contributed by atoms with Crippen LogP contribution in [0.15, 0.2) is 42.5 Å². The molecule has 0 aliphatic heterocycles. The van der Waals surface area contributed by atoms with E-state index in [9.17, 15) is 4.39 Å². The number of halogens is 1. The summed E-state index contributed by atoms with van der Waals surface area (Å²) in [5.41, 5.74) is 2.37. The fourth-order valence-electron chi connectivity index (χ4n) is 2.61. The summed E-state index contributed by atoms with van der Waals surface area (Å²) < 4.78 is 19.4. The van der Waals surface area contributed by atoms with Crippen LogP contribution < -0.4 is 4.74 Å². The molecule has 118 valence electrons. The smallest absolute Gasteiger partial charge is 0.165 e. The van der Waals surface area contributed by atoms with Crippen LogP contribution in [0.2, 0.25) is 0 Å². The molecule has 1 nitrogen and oxygen atoms in total. The third-order valence-corrected chi connectivity index (χ3v) is 4.07. The van der Waals surface area contributed by atoms with E-state index in [0.717, 1.165) is 11.3 Å². The monoisotopic (exact) mass is 300 g/mol. The zero-order valence-corrected chi connectivity index (χ0v) is 13.7. The first kappa shape index (κ1) is 16.5. The summed E-state index contributed by atoms with van der Waals surface area (Å²) in [7, 11) is 0. The average molecular weight is 300 g/mol. The number of para-hydroxylation sites is 1. The molecule has 0 saturated heterocycles. The number of rotatable bonds is 7. The SMILES string of the molecule is CCCCCC(C)c1ccc(Oc2ccccc2F)c(C)c1. The van der Waals surface area contributed by atoms with Crippen LogP contribution in [-0.4, -0.2) is 0 Å². The molecule has 0 heterocycles. The molecule has 0 amide bonds. The van der Waals surface area contributed by atoms with Gasteiger partial charge in [-0.3, -0.25) is 0 Å². The molecule has 0 bridgehead atoms. The Labute approximate surface area is 133 Å². The van der Waals surface area contributed by atoms with Gasteiger partial charge in [-0.05, 0) is 48.6 Å². The van der Waals surface area contributed by atoms with Gasteiger partial charge < -0.3 is 4.74 Å². The summed E-state index contributed by atoms with van der Waals surface area (Å²) in [6.07, 6.45) is 5.02. The standard InChI is InChI=1S/C20H25FO/c1-4-5-6-9-15(2)17-12-13-19(16(3)14-17)22-20-11-8-7-10-18(20)21/h7-8,10-15H,4-6,9H2,1-3H3. The maximum Gasteiger partial charge on any atom is 0.165 e. The highest BCUT2D eigenvalue weighted by Crippen LogP contribution is 2.30. The second-order valence-electron chi connectivity index (χ2n) is 5.95. The number of hydrogen-bond acceptors (Lipinski definition) is 1. The predicted octanol–water partition coefficient (Wildman–Crippen LogP) is 6.61. The Kier molecular flexibility index (Phi) is 6.00. The number of hydrogen-bond donors (Lipinski definition) is 0. The molecule has 0 fully saturated rings. The molecule has 0 aromatic heterocycles. The van der Waals surface area contributed by atoms with Crippen molar-refractivity contribution in [1.82, 2.24) is 0 Å². The summed E-state index contributed by atoms with van der Waals surface area (Å²) in [6, 6.07) is 12.7. The summed E-state index contributed by atoms with van der Waals surface area (Å²) in [5, 5.41) is 0. The van der Waals surface area contributed by atoms with E-state index < -0.39 is 0 Å². The van der Waals surface area contributed by atoms with Crippen LogP contribution >= 0.6 is 0 Å². The Morgan fingerprint density at radius 1 is 1.05 bits per heavy atom. The molecule has 1 atom stereocenters. The maximum atomic E-state index is 13.7. The fourth-order valence-corrected chi connectivity index (χ4v) is 2.61. The lowest BCUT2D eigenvalue weighted by Gasteiger charge is -2.15. The van der Waals surface area contributed by atoms with Crippen LogP contribution in [0.25, 0.3) is 0 Å². The van der Waals surface area contributed by atoms with E-state index >= 15 is 0 Å². The van der Waals surface area contributed by atoms with Crippen LogP contribution in [-0.2, 0) is 0 Å². The molecule has 0 aliphatic rings. The lowest BCUT2D eigenvalue weighted by Crippen LogP contribution is -1.96. The van der Waals surface area contributed by atoms with Crippen LogP contribution in [0.3, 0.4) is 0 Å². The van der Waals surface area contributed by atoms with Gasteiger partial charge in [0, 0.05) is 0 Å². The van der Waals surface area contributed by atoms with Gasteiger partial charge in [-0.1, -0.05) is 57.4 Å². The Balaban J connectivity index is 2.08. The largest absolute Gasteiger partial charge is 0.454 e. The van der Waals surface area contributed by atoms with Crippen molar-refractivity contribution in [2.24, 2.45) is 0 Å². The van der Waals surface area contributed by atoms with E-state index in [0.29, 0.717) is 5.92 Å². The van der Waals surface area contributed by atoms with Crippen molar-refractivity contribution in [2.45, 2.75) is 52.4 Å². The summed E-state index contributed by atoms with van der Waals surface area (Å²) in [4.78, 5) is 0. The Morgan fingerprint density at radius 3 is 2.50 bits per heavy atom. The van der Waals surface area contributed by atoms with Gasteiger partial charge in [0.2, 0.25) is 0 Å². The lowest BCUT2D eigenvalue weighted by molar-refractivity contribution is 0.439. The van der Waals surface area contributed by atoms with Crippen molar-refractivity contribution >= 4 is 0 Å². The average Bonchev–Trinajstić information content (AvgIpc) is 2.51. The van der Waals surface area contributed by atoms with Gasteiger partial charge in [-0.15, -0.1) is 0 Å². The lowest BCUT2D eigenvalue weighted by atomic mass is 9.94. The van der Waals surface area contributed by atoms with Crippen molar-refractivity contribution < 1.29 is 9.13 Å². The van der Waals surface area contributed by atoms with Gasteiger partial charge in [-0.25, -0.2) is 4.39 Å². The van der Waals surface area contributed by atoms with Gasteiger partial charge in [-0.2, -0.15) is 0 Å². The van der Waals surface area contributed by atoms with E-state index in [1.165, 1.54) is 37.3 Å². The van der Waals surface area contributed by atoms with Crippen molar-refractivity contribution in [3.63, 3.8) is 0 Å². The molecule has 1 unspecified atom stereocenters. The van der Waals surface area contributed by atoms with Crippen molar-refractivity contribution in [3.8, 4) is 11.5 Å². The highest BCUT2D eigenvalue weighted by Gasteiger charge is 2.10. The Morgan fingerprint density at radius 2 is 1.82 bits per heavy atom. The molecule has 22 heavy (non-hydrogen) atoms. The van der Waals surface area contributed by atoms with E-state index in [2.05, 4.69) is 26.0 Å². The van der Waals surface area contributed by atoms with Crippen LogP contribution in [0.1, 0.15) is 56.6 Å². The summed E-state index contributed by atoms with van der Waals surface area (Å²) in [5.74, 6) is 1.20. The first-order chi connectivity index (χ1) is 10.6. The van der Waals surface area contributed by atoms with E-state index in [4.69, 9.17) is 4.74 Å². The zero-order valence-electron chi connectivity index (χ0n) is 13.7.